The number of imidazole rings is 1. The molecule has 0 bridgehead atoms. The first kappa shape index (κ1) is 18.1. The van der Waals surface area contributed by atoms with Gasteiger partial charge in [-0.25, -0.2) is 9.37 Å². The number of rotatable bonds is 4. The molecule has 2 nitrogen and oxygen atoms in total. The Morgan fingerprint density at radius 2 is 1.68 bits per heavy atom. The summed E-state index contributed by atoms with van der Waals surface area (Å²) in [6.45, 7) is 4.23. The van der Waals surface area contributed by atoms with Crippen molar-refractivity contribution in [3.05, 3.63) is 75.2 Å². The molecule has 0 saturated carbocycles. The van der Waals surface area contributed by atoms with E-state index in [9.17, 15) is 4.39 Å². The van der Waals surface area contributed by atoms with Gasteiger partial charge in [-0.2, -0.15) is 0 Å². The summed E-state index contributed by atoms with van der Waals surface area (Å²) < 4.78 is 16.3. The quantitative estimate of drug-likeness (QED) is 0.411. The summed E-state index contributed by atoms with van der Waals surface area (Å²) in [5, 5.41) is 0. The van der Waals surface area contributed by atoms with Crippen molar-refractivity contribution >= 4 is 37.9 Å². The molecule has 3 aromatic rings. The van der Waals surface area contributed by atoms with Crippen LogP contribution < -0.4 is 0 Å². The van der Waals surface area contributed by atoms with Crippen molar-refractivity contribution in [1.29, 1.82) is 0 Å². The van der Waals surface area contributed by atoms with E-state index in [0.29, 0.717) is 0 Å². The molecule has 128 valence electrons. The van der Waals surface area contributed by atoms with E-state index in [-0.39, 0.29) is 11.7 Å². The zero-order valence-electron chi connectivity index (χ0n) is 13.9. The van der Waals surface area contributed by atoms with Crippen LogP contribution in [0.25, 0.3) is 23.2 Å². The van der Waals surface area contributed by atoms with Crippen molar-refractivity contribution < 1.29 is 4.39 Å². The monoisotopic (exact) mass is 462 g/mol. The fourth-order valence-corrected chi connectivity index (χ4v) is 3.18. The topological polar surface area (TPSA) is 17.8 Å². The van der Waals surface area contributed by atoms with E-state index >= 15 is 0 Å². The van der Waals surface area contributed by atoms with Crippen molar-refractivity contribution in [2.24, 2.45) is 0 Å². The molecular weight excluding hydrogens is 447 g/mol. The zero-order valence-corrected chi connectivity index (χ0v) is 17.1. The van der Waals surface area contributed by atoms with Crippen molar-refractivity contribution in [2.45, 2.75) is 19.8 Å². The molecule has 0 aliphatic carbocycles. The molecule has 3 rings (SSSR count). The van der Waals surface area contributed by atoms with E-state index in [4.69, 9.17) is 4.98 Å². The lowest BCUT2D eigenvalue weighted by Crippen LogP contribution is -2.01. The summed E-state index contributed by atoms with van der Waals surface area (Å²) in [5.41, 5.74) is 3.83. The van der Waals surface area contributed by atoms with Crippen LogP contribution in [0.1, 0.15) is 31.2 Å². The third-order valence-corrected chi connectivity index (χ3v) is 4.31. The van der Waals surface area contributed by atoms with Crippen LogP contribution >= 0.6 is 31.9 Å². The molecule has 0 fully saturated rings. The highest BCUT2D eigenvalue weighted by atomic mass is 79.9. The Hall–Kier alpha value is -1.72. The largest absolute Gasteiger partial charge is 0.293 e. The minimum Gasteiger partial charge on any atom is -0.293 e. The molecule has 0 N–H and O–H groups in total. The predicted molar refractivity (Wildman–Crippen MR) is 109 cm³/mol. The van der Waals surface area contributed by atoms with E-state index in [1.54, 1.807) is 12.1 Å². The van der Waals surface area contributed by atoms with Crippen LogP contribution in [0.5, 0.6) is 0 Å². The van der Waals surface area contributed by atoms with Gasteiger partial charge in [0, 0.05) is 11.3 Å². The highest BCUT2D eigenvalue weighted by Crippen LogP contribution is 2.33. The average molecular weight is 464 g/mol. The second kappa shape index (κ2) is 7.67. The Kier molecular flexibility index (Phi) is 5.54. The van der Waals surface area contributed by atoms with Gasteiger partial charge in [-0.3, -0.25) is 4.57 Å². The fraction of sp³-hybridized carbons (Fsp3) is 0.150. The van der Waals surface area contributed by atoms with Crippen molar-refractivity contribution in [1.82, 2.24) is 9.55 Å². The number of halogens is 3. The van der Waals surface area contributed by atoms with Gasteiger partial charge >= 0.3 is 0 Å². The van der Waals surface area contributed by atoms with E-state index in [2.05, 4.69) is 50.3 Å². The van der Waals surface area contributed by atoms with Gasteiger partial charge in [0.25, 0.3) is 0 Å². The molecule has 0 saturated heterocycles. The molecule has 2 aromatic carbocycles. The summed E-state index contributed by atoms with van der Waals surface area (Å²) >= 11 is 6.91. The van der Waals surface area contributed by atoms with Crippen LogP contribution in [0.2, 0.25) is 0 Å². The molecule has 0 unspecified atom stereocenters. The van der Waals surface area contributed by atoms with Gasteiger partial charge in [0.15, 0.2) is 0 Å². The average Bonchev–Trinajstić information content (AvgIpc) is 2.95. The third kappa shape index (κ3) is 3.93. The van der Waals surface area contributed by atoms with Crippen LogP contribution in [-0.2, 0) is 0 Å². The van der Waals surface area contributed by atoms with Gasteiger partial charge in [-0.15, -0.1) is 0 Å². The van der Waals surface area contributed by atoms with Crippen LogP contribution in [0.15, 0.2) is 58.0 Å². The van der Waals surface area contributed by atoms with E-state index in [1.807, 2.05) is 36.4 Å². The highest BCUT2D eigenvalue weighted by molar-refractivity contribution is 9.28. The Balaban J connectivity index is 2.34. The Morgan fingerprint density at radius 3 is 2.24 bits per heavy atom. The Labute approximate surface area is 163 Å². The van der Waals surface area contributed by atoms with Crippen LogP contribution in [0.4, 0.5) is 4.39 Å². The van der Waals surface area contributed by atoms with Gasteiger partial charge < -0.3 is 0 Å². The number of hydrogen-bond acceptors (Lipinski definition) is 1. The first-order valence-electron chi connectivity index (χ1n) is 7.94. The van der Waals surface area contributed by atoms with Crippen molar-refractivity contribution in [2.75, 3.05) is 0 Å². The number of hydrogen-bond donors (Lipinski definition) is 0. The van der Waals surface area contributed by atoms with Gasteiger partial charge in [0.05, 0.1) is 14.8 Å². The standard InChI is InChI=1S/C20H17Br2FN2/c1-13(2)19-17(12-18(21)22)25(16-10-8-15(23)9-11-16)20(24-19)14-6-4-3-5-7-14/h3-13H,1-2H3. The van der Waals surface area contributed by atoms with Gasteiger partial charge in [-0.1, -0.05) is 44.2 Å². The van der Waals surface area contributed by atoms with E-state index in [1.165, 1.54) is 12.1 Å². The number of benzene rings is 2. The summed E-state index contributed by atoms with van der Waals surface area (Å²) in [6, 6.07) is 16.5. The molecular formula is C20H17Br2FN2. The smallest absolute Gasteiger partial charge is 0.145 e. The Bertz CT molecular complexity index is 893. The molecule has 1 heterocycles. The lowest BCUT2D eigenvalue weighted by Gasteiger charge is -2.12. The third-order valence-electron chi connectivity index (χ3n) is 3.85. The maximum absolute atomic E-state index is 13.4. The molecule has 0 amide bonds. The maximum Gasteiger partial charge on any atom is 0.145 e. The summed E-state index contributed by atoms with van der Waals surface area (Å²) in [6.07, 6.45) is 1.98. The van der Waals surface area contributed by atoms with E-state index < -0.39 is 0 Å². The molecule has 1 aromatic heterocycles. The Morgan fingerprint density at radius 1 is 1.04 bits per heavy atom. The normalized spacial score (nSPS) is 11.0. The fourth-order valence-electron chi connectivity index (χ4n) is 2.75. The van der Waals surface area contributed by atoms with Gasteiger partial charge in [0.1, 0.15) is 11.6 Å². The predicted octanol–water partition coefficient (Wildman–Crippen LogP) is 6.89. The molecule has 0 atom stereocenters. The molecule has 5 heteroatoms. The second-order valence-electron chi connectivity index (χ2n) is 5.97. The number of nitrogens with zero attached hydrogens (tertiary/aromatic N) is 2. The molecule has 0 aliphatic heterocycles. The lowest BCUT2D eigenvalue weighted by molar-refractivity contribution is 0.627. The zero-order chi connectivity index (χ0) is 18.0. The van der Waals surface area contributed by atoms with Gasteiger partial charge in [-0.05, 0) is 68.1 Å². The highest BCUT2D eigenvalue weighted by Gasteiger charge is 2.20. The SMILES string of the molecule is CC(C)c1nc(-c2ccccc2)n(-c2ccc(F)cc2)c1C=C(Br)Br. The van der Waals surface area contributed by atoms with Crippen LogP contribution in [0.3, 0.4) is 0 Å². The summed E-state index contributed by atoms with van der Waals surface area (Å²) in [5.74, 6) is 0.825. The second-order valence-corrected chi connectivity index (χ2v) is 8.75. The van der Waals surface area contributed by atoms with Crippen molar-refractivity contribution in [3.8, 4) is 17.1 Å². The maximum atomic E-state index is 13.4. The van der Waals surface area contributed by atoms with Crippen molar-refractivity contribution in [3.63, 3.8) is 0 Å². The van der Waals surface area contributed by atoms with E-state index in [0.717, 1.165) is 31.9 Å². The van der Waals surface area contributed by atoms with Crippen LogP contribution in [-0.4, -0.2) is 9.55 Å². The van der Waals surface area contributed by atoms with Gasteiger partial charge in [0.2, 0.25) is 0 Å². The molecule has 0 aliphatic rings. The molecule has 25 heavy (non-hydrogen) atoms. The number of aromatic nitrogens is 2. The molecule has 0 spiro atoms. The summed E-state index contributed by atoms with van der Waals surface area (Å²) in [7, 11) is 0. The minimum absolute atomic E-state index is 0.245. The summed E-state index contributed by atoms with van der Waals surface area (Å²) in [4.78, 5) is 4.91. The lowest BCUT2D eigenvalue weighted by atomic mass is 10.1. The first-order valence-corrected chi connectivity index (χ1v) is 9.52. The first-order chi connectivity index (χ1) is 12.0. The minimum atomic E-state index is -0.257. The van der Waals surface area contributed by atoms with Crippen LogP contribution in [0, 0.1) is 5.82 Å². The molecule has 0 radical (unpaired) electrons.